The van der Waals surface area contributed by atoms with Crippen molar-refractivity contribution in [3.63, 3.8) is 0 Å². The Morgan fingerprint density at radius 1 is 1.22 bits per heavy atom. The Bertz CT molecular complexity index is 684. The van der Waals surface area contributed by atoms with Gasteiger partial charge < -0.3 is 5.32 Å². The lowest BCUT2D eigenvalue weighted by Crippen LogP contribution is -2.13. The van der Waals surface area contributed by atoms with Gasteiger partial charge in [-0.05, 0) is 24.2 Å². The van der Waals surface area contributed by atoms with E-state index in [9.17, 15) is 19.7 Å². The lowest BCUT2D eigenvalue weighted by atomic mass is 10.2. The molecular formula is C11H13N7O4S. The van der Waals surface area contributed by atoms with Crippen LogP contribution in [-0.2, 0) is 9.59 Å². The average molecular weight is 339 g/mol. The third kappa shape index (κ3) is 5.43. The van der Waals surface area contributed by atoms with Crippen molar-refractivity contribution in [3.8, 4) is 0 Å². The predicted molar refractivity (Wildman–Crippen MR) is 80.9 cm³/mol. The molecule has 0 atom stereocenters. The summed E-state index contributed by atoms with van der Waals surface area (Å²) in [5, 5.41) is 21.7. The lowest BCUT2D eigenvalue weighted by molar-refractivity contribution is -0.380. The highest BCUT2D eigenvalue weighted by Gasteiger charge is 2.13. The first-order valence-corrected chi connectivity index (χ1v) is 7.41. The number of rotatable bonds is 8. The summed E-state index contributed by atoms with van der Waals surface area (Å²) < 4.78 is 0. The summed E-state index contributed by atoms with van der Waals surface area (Å²) in [6.07, 6.45) is 3.84. The molecule has 2 heterocycles. The van der Waals surface area contributed by atoms with E-state index in [1.54, 1.807) is 0 Å². The van der Waals surface area contributed by atoms with Crippen LogP contribution in [0.25, 0.3) is 0 Å². The SMILES string of the molecule is O=C(CCCCC(=O)Nc1ncc([N+](=O)[O-])s1)Nc1ncn[nH]1. The molecule has 0 aliphatic rings. The van der Waals surface area contributed by atoms with Gasteiger partial charge in [0.05, 0.1) is 4.92 Å². The van der Waals surface area contributed by atoms with Crippen LogP contribution in [0.2, 0.25) is 0 Å². The molecule has 0 saturated carbocycles. The number of hydrogen-bond acceptors (Lipinski definition) is 8. The van der Waals surface area contributed by atoms with Gasteiger partial charge in [0.1, 0.15) is 12.5 Å². The van der Waals surface area contributed by atoms with Gasteiger partial charge in [-0.2, -0.15) is 10.1 Å². The molecule has 3 N–H and O–H groups in total. The Kier molecular flexibility index (Phi) is 5.68. The van der Waals surface area contributed by atoms with Crippen molar-refractivity contribution >= 4 is 39.2 Å². The summed E-state index contributed by atoms with van der Waals surface area (Å²) in [5.41, 5.74) is 0. The molecule has 0 saturated heterocycles. The summed E-state index contributed by atoms with van der Waals surface area (Å²) in [6, 6.07) is 0. The highest BCUT2D eigenvalue weighted by molar-refractivity contribution is 7.18. The largest absolute Gasteiger partial charge is 0.345 e. The fraction of sp³-hybridized carbons (Fsp3) is 0.364. The number of carbonyl (C=O) groups excluding carboxylic acids is 2. The van der Waals surface area contributed by atoms with Crippen LogP contribution in [0.3, 0.4) is 0 Å². The number of amides is 2. The molecule has 2 rings (SSSR count). The zero-order chi connectivity index (χ0) is 16.7. The standard InChI is InChI=1S/C11H13N7O4S/c19-7(15-10-13-6-14-17-10)3-1-2-4-8(20)16-11-12-5-9(23-11)18(21)22/h5-6H,1-4H2,(H,12,16,20)(H2,13,14,15,17,19). The van der Waals surface area contributed by atoms with Crippen molar-refractivity contribution in [3.05, 3.63) is 22.6 Å². The first-order chi connectivity index (χ1) is 11.0. The van der Waals surface area contributed by atoms with Gasteiger partial charge in [0.25, 0.3) is 0 Å². The van der Waals surface area contributed by atoms with Crippen molar-refractivity contribution in [2.75, 3.05) is 10.6 Å². The minimum atomic E-state index is -0.569. The van der Waals surface area contributed by atoms with E-state index in [2.05, 4.69) is 30.8 Å². The number of carbonyl (C=O) groups is 2. The Labute approximate surface area is 133 Å². The number of nitro groups is 1. The number of hydrogen-bond donors (Lipinski definition) is 3. The van der Waals surface area contributed by atoms with Crippen molar-refractivity contribution in [2.24, 2.45) is 0 Å². The Hall–Kier alpha value is -2.89. The molecule has 0 aliphatic heterocycles. The number of unbranched alkanes of at least 4 members (excludes halogenated alkanes) is 1. The average Bonchev–Trinajstić information content (AvgIpc) is 3.15. The van der Waals surface area contributed by atoms with Gasteiger partial charge >= 0.3 is 5.00 Å². The van der Waals surface area contributed by atoms with E-state index in [1.165, 1.54) is 6.33 Å². The van der Waals surface area contributed by atoms with E-state index in [1.807, 2.05) is 0 Å². The predicted octanol–water partition coefficient (Wildman–Crippen LogP) is 1.31. The maximum atomic E-state index is 11.7. The quantitative estimate of drug-likeness (QED) is 0.372. The molecule has 0 fully saturated rings. The van der Waals surface area contributed by atoms with E-state index in [0.717, 1.165) is 17.5 Å². The van der Waals surface area contributed by atoms with E-state index in [-0.39, 0.29) is 40.7 Å². The highest BCUT2D eigenvalue weighted by atomic mass is 32.1. The van der Waals surface area contributed by atoms with Gasteiger partial charge in [0.2, 0.25) is 17.8 Å². The molecule has 0 radical (unpaired) electrons. The minimum Gasteiger partial charge on any atom is -0.302 e. The molecule has 2 amide bonds. The number of H-pyrrole nitrogens is 1. The van der Waals surface area contributed by atoms with Crippen LogP contribution in [0.4, 0.5) is 16.1 Å². The zero-order valence-electron chi connectivity index (χ0n) is 11.8. The van der Waals surface area contributed by atoms with Gasteiger partial charge in [0, 0.05) is 12.8 Å². The number of nitrogens with zero attached hydrogens (tertiary/aromatic N) is 4. The summed E-state index contributed by atoms with van der Waals surface area (Å²) >= 11 is 0.793. The van der Waals surface area contributed by atoms with E-state index < -0.39 is 4.92 Å². The Balaban J connectivity index is 1.62. The second-order valence-electron chi connectivity index (χ2n) is 4.40. The fourth-order valence-electron chi connectivity index (χ4n) is 1.62. The van der Waals surface area contributed by atoms with Crippen LogP contribution in [0.1, 0.15) is 25.7 Å². The van der Waals surface area contributed by atoms with E-state index in [0.29, 0.717) is 12.8 Å². The Morgan fingerprint density at radius 2 is 1.91 bits per heavy atom. The van der Waals surface area contributed by atoms with Crippen LogP contribution in [0.5, 0.6) is 0 Å². The highest BCUT2D eigenvalue weighted by Crippen LogP contribution is 2.25. The van der Waals surface area contributed by atoms with Crippen molar-refractivity contribution in [1.82, 2.24) is 20.2 Å². The van der Waals surface area contributed by atoms with Gasteiger partial charge in [-0.3, -0.25) is 25.0 Å². The first kappa shape index (κ1) is 16.5. The van der Waals surface area contributed by atoms with E-state index >= 15 is 0 Å². The van der Waals surface area contributed by atoms with Crippen molar-refractivity contribution in [1.29, 1.82) is 0 Å². The molecule has 0 unspecified atom stereocenters. The van der Waals surface area contributed by atoms with Crippen LogP contribution in [0.15, 0.2) is 12.5 Å². The summed E-state index contributed by atoms with van der Waals surface area (Å²) in [6.45, 7) is 0. The second-order valence-corrected chi connectivity index (χ2v) is 5.41. The third-order valence-corrected chi connectivity index (χ3v) is 3.51. The smallest absolute Gasteiger partial charge is 0.302 e. The summed E-state index contributed by atoms with van der Waals surface area (Å²) in [5.74, 6) is -0.249. The maximum absolute atomic E-state index is 11.7. The second kappa shape index (κ2) is 7.93. The number of nitrogens with one attached hydrogen (secondary N) is 3. The van der Waals surface area contributed by atoms with Crippen molar-refractivity contribution in [2.45, 2.75) is 25.7 Å². The van der Waals surface area contributed by atoms with Crippen LogP contribution < -0.4 is 10.6 Å². The van der Waals surface area contributed by atoms with Gasteiger partial charge in [-0.15, -0.1) is 0 Å². The number of thiazole rings is 1. The first-order valence-electron chi connectivity index (χ1n) is 6.60. The minimum absolute atomic E-state index is 0.135. The third-order valence-electron chi connectivity index (χ3n) is 2.65. The van der Waals surface area contributed by atoms with Gasteiger partial charge in [-0.25, -0.2) is 10.1 Å². The molecule has 122 valence electrons. The molecule has 0 aliphatic carbocycles. The van der Waals surface area contributed by atoms with Crippen LogP contribution in [-0.4, -0.2) is 36.9 Å². The summed E-state index contributed by atoms with van der Waals surface area (Å²) in [7, 11) is 0. The number of aromatic nitrogens is 4. The number of anilines is 2. The molecule has 0 spiro atoms. The number of aromatic amines is 1. The van der Waals surface area contributed by atoms with Gasteiger partial charge in [0.15, 0.2) is 5.13 Å². The van der Waals surface area contributed by atoms with Crippen LogP contribution in [0, 0.1) is 10.1 Å². The molecule has 0 bridgehead atoms. The molecule has 12 heteroatoms. The molecule has 2 aromatic rings. The normalized spacial score (nSPS) is 10.3. The van der Waals surface area contributed by atoms with Crippen molar-refractivity contribution < 1.29 is 14.5 Å². The molecular weight excluding hydrogens is 326 g/mol. The lowest BCUT2D eigenvalue weighted by Gasteiger charge is -2.02. The Morgan fingerprint density at radius 3 is 2.48 bits per heavy atom. The molecule has 0 aromatic carbocycles. The molecule has 11 nitrogen and oxygen atoms in total. The monoisotopic (exact) mass is 339 g/mol. The topological polar surface area (TPSA) is 156 Å². The van der Waals surface area contributed by atoms with E-state index in [4.69, 9.17) is 0 Å². The molecule has 2 aromatic heterocycles. The van der Waals surface area contributed by atoms with Gasteiger partial charge in [-0.1, -0.05) is 0 Å². The maximum Gasteiger partial charge on any atom is 0.345 e. The fourth-order valence-corrected chi connectivity index (χ4v) is 2.27. The zero-order valence-corrected chi connectivity index (χ0v) is 12.6. The van der Waals surface area contributed by atoms with Crippen LogP contribution >= 0.6 is 11.3 Å². The molecule has 23 heavy (non-hydrogen) atoms. The summed E-state index contributed by atoms with van der Waals surface area (Å²) in [4.78, 5) is 40.6.